The topological polar surface area (TPSA) is 74.8 Å². The third kappa shape index (κ3) is 2.32. The normalized spacial score (nSPS) is 32.7. The number of hydrogen-bond acceptors (Lipinski definition) is 4. The lowest BCUT2D eigenvalue weighted by atomic mass is 9.54. The van der Waals surface area contributed by atoms with Crippen molar-refractivity contribution in [3.63, 3.8) is 0 Å². The molecule has 160 valence electrons. The first kappa shape index (κ1) is 19.0. The van der Waals surface area contributed by atoms with Crippen molar-refractivity contribution in [1.82, 2.24) is 0 Å². The quantitative estimate of drug-likeness (QED) is 0.538. The molecule has 0 radical (unpaired) electrons. The SMILES string of the molecule is O=C1[C@@H]2C3C=CC([C@H]2C(=O)N1c1ccc(F)cc1)[C@@H]1C(=O)N(c2ccc(F)cc2)C(=O)[C@@H]31. The largest absolute Gasteiger partial charge is 0.274 e. The van der Waals surface area contributed by atoms with Crippen molar-refractivity contribution in [2.75, 3.05) is 9.80 Å². The van der Waals surface area contributed by atoms with Crippen LogP contribution in [-0.2, 0) is 19.2 Å². The molecule has 7 rings (SSSR count). The Bertz CT molecular complexity index is 1080. The van der Waals surface area contributed by atoms with Crippen LogP contribution in [0.15, 0.2) is 60.7 Å². The van der Waals surface area contributed by atoms with Crippen LogP contribution in [0.1, 0.15) is 0 Å². The zero-order chi connectivity index (χ0) is 22.3. The minimum absolute atomic E-state index is 0.269. The van der Waals surface area contributed by atoms with Crippen molar-refractivity contribution in [3.8, 4) is 0 Å². The number of amides is 4. The highest BCUT2D eigenvalue weighted by Crippen LogP contribution is 2.58. The van der Waals surface area contributed by atoms with Gasteiger partial charge in [0, 0.05) is 11.8 Å². The fourth-order valence-corrected chi connectivity index (χ4v) is 5.92. The number of hydrogen-bond donors (Lipinski definition) is 0. The number of allylic oxidation sites excluding steroid dienone is 2. The van der Waals surface area contributed by atoms with E-state index in [1.807, 2.05) is 0 Å². The first-order valence-corrected chi connectivity index (χ1v) is 10.3. The lowest BCUT2D eigenvalue weighted by Crippen LogP contribution is -2.50. The summed E-state index contributed by atoms with van der Waals surface area (Å²) in [5.41, 5.74) is 0.539. The molecule has 6 atom stereocenters. The van der Waals surface area contributed by atoms with Gasteiger partial charge in [-0.05, 0) is 48.5 Å². The summed E-state index contributed by atoms with van der Waals surface area (Å²) in [6, 6.07) is 10.2. The molecule has 5 aliphatic rings. The van der Waals surface area contributed by atoms with Gasteiger partial charge in [-0.1, -0.05) is 12.2 Å². The Morgan fingerprint density at radius 3 is 1.06 bits per heavy atom. The second-order valence-corrected chi connectivity index (χ2v) is 8.62. The molecule has 1 saturated carbocycles. The van der Waals surface area contributed by atoms with Crippen molar-refractivity contribution >= 4 is 35.0 Å². The van der Waals surface area contributed by atoms with Gasteiger partial charge in [0.05, 0.1) is 35.0 Å². The number of benzene rings is 2. The predicted octanol–water partition coefficient (Wildman–Crippen LogP) is 2.69. The summed E-state index contributed by atoms with van der Waals surface area (Å²) in [6.07, 6.45) is 3.54. The standard InChI is InChI=1S/C24H16F2N2O4/c25-11-1-5-13(6-2-11)27-21(29)17-15-9-10-16(18(17)22(27)30)20-19(15)23(31)28(24(20)32)14-7-3-12(26)4-8-14/h1-10,15-20H/t15?,16?,17-,18-,19+,20+. The minimum atomic E-state index is -0.756. The average molecular weight is 434 g/mol. The lowest BCUT2D eigenvalue weighted by Gasteiger charge is -2.44. The highest BCUT2D eigenvalue weighted by molar-refractivity contribution is 6.26. The summed E-state index contributed by atoms with van der Waals surface area (Å²) < 4.78 is 26.7. The highest BCUT2D eigenvalue weighted by atomic mass is 19.1. The summed E-state index contributed by atoms with van der Waals surface area (Å²) >= 11 is 0. The zero-order valence-electron chi connectivity index (χ0n) is 16.5. The van der Waals surface area contributed by atoms with Crippen LogP contribution >= 0.6 is 0 Å². The molecular weight excluding hydrogens is 418 g/mol. The Morgan fingerprint density at radius 2 is 0.781 bits per heavy atom. The third-order valence-corrected chi connectivity index (χ3v) is 7.18. The van der Waals surface area contributed by atoms with Crippen LogP contribution in [-0.4, -0.2) is 23.6 Å². The van der Waals surface area contributed by atoms with E-state index in [2.05, 4.69) is 0 Å². The van der Waals surface area contributed by atoms with E-state index in [1.165, 1.54) is 48.5 Å². The first-order valence-electron chi connectivity index (χ1n) is 10.3. The predicted molar refractivity (Wildman–Crippen MR) is 108 cm³/mol. The van der Waals surface area contributed by atoms with E-state index < -0.39 is 70.8 Å². The molecule has 2 saturated heterocycles. The van der Waals surface area contributed by atoms with Gasteiger partial charge in [-0.15, -0.1) is 0 Å². The Kier molecular flexibility index (Phi) is 3.82. The number of carbonyl (C=O) groups is 4. The molecule has 2 aromatic carbocycles. The lowest BCUT2D eigenvalue weighted by molar-refractivity contribution is -0.137. The molecule has 0 spiro atoms. The molecule has 2 heterocycles. The minimum Gasteiger partial charge on any atom is -0.274 e. The van der Waals surface area contributed by atoms with E-state index in [0.717, 1.165) is 9.80 Å². The van der Waals surface area contributed by atoms with Crippen LogP contribution in [0.4, 0.5) is 20.2 Å². The molecule has 2 aliphatic heterocycles. The van der Waals surface area contributed by atoms with E-state index in [4.69, 9.17) is 0 Å². The van der Waals surface area contributed by atoms with Gasteiger partial charge in [0.2, 0.25) is 23.6 Å². The Morgan fingerprint density at radius 1 is 0.500 bits per heavy atom. The van der Waals surface area contributed by atoms with E-state index in [0.29, 0.717) is 0 Å². The van der Waals surface area contributed by atoms with Gasteiger partial charge < -0.3 is 0 Å². The molecule has 8 heteroatoms. The maximum atomic E-state index is 13.3. The van der Waals surface area contributed by atoms with Gasteiger partial charge in [0.1, 0.15) is 11.6 Å². The van der Waals surface area contributed by atoms with Gasteiger partial charge >= 0.3 is 0 Å². The second-order valence-electron chi connectivity index (χ2n) is 8.62. The van der Waals surface area contributed by atoms with E-state index in [9.17, 15) is 28.0 Å². The second kappa shape index (κ2) is 6.41. The van der Waals surface area contributed by atoms with Crippen molar-refractivity contribution in [2.45, 2.75) is 0 Å². The van der Waals surface area contributed by atoms with Crippen LogP contribution in [0.3, 0.4) is 0 Å². The summed E-state index contributed by atoms with van der Waals surface area (Å²) in [4.78, 5) is 55.4. The maximum Gasteiger partial charge on any atom is 0.238 e. The van der Waals surface area contributed by atoms with Crippen molar-refractivity contribution in [3.05, 3.63) is 72.3 Å². The van der Waals surface area contributed by atoms with E-state index in [1.54, 1.807) is 12.2 Å². The number of anilines is 2. The summed E-state index contributed by atoms with van der Waals surface area (Å²) in [5.74, 6) is -6.95. The van der Waals surface area contributed by atoms with Crippen molar-refractivity contribution in [1.29, 1.82) is 0 Å². The number of nitrogens with zero attached hydrogens (tertiary/aromatic N) is 2. The number of imide groups is 2. The van der Waals surface area contributed by atoms with Crippen LogP contribution in [0.5, 0.6) is 0 Å². The fraction of sp³-hybridized carbons (Fsp3) is 0.250. The zero-order valence-corrected chi connectivity index (χ0v) is 16.5. The number of rotatable bonds is 2. The fourth-order valence-electron chi connectivity index (χ4n) is 5.92. The number of carbonyl (C=O) groups excluding carboxylic acids is 4. The molecule has 3 fully saturated rings. The van der Waals surface area contributed by atoms with Crippen molar-refractivity contribution < 1.29 is 28.0 Å². The molecule has 4 amide bonds. The molecule has 2 unspecified atom stereocenters. The van der Waals surface area contributed by atoms with Gasteiger partial charge in [0.25, 0.3) is 0 Å². The Balaban J connectivity index is 1.39. The van der Waals surface area contributed by atoms with Crippen LogP contribution in [0.2, 0.25) is 0 Å². The van der Waals surface area contributed by atoms with Crippen LogP contribution < -0.4 is 9.80 Å². The molecule has 0 aromatic heterocycles. The average Bonchev–Trinajstić information content (AvgIpc) is 3.23. The highest BCUT2D eigenvalue weighted by Gasteiger charge is 2.68. The Labute approximate surface area is 181 Å². The van der Waals surface area contributed by atoms with Crippen LogP contribution in [0.25, 0.3) is 0 Å². The molecule has 2 aromatic rings. The molecule has 6 nitrogen and oxygen atoms in total. The van der Waals surface area contributed by atoms with Gasteiger partial charge in [-0.25, -0.2) is 8.78 Å². The molecular formula is C24H16F2N2O4. The Hall–Kier alpha value is -3.68. The van der Waals surface area contributed by atoms with E-state index >= 15 is 0 Å². The summed E-state index contributed by atoms with van der Waals surface area (Å²) in [5, 5.41) is 0. The maximum absolute atomic E-state index is 13.3. The number of halogens is 2. The third-order valence-electron chi connectivity index (χ3n) is 7.18. The van der Waals surface area contributed by atoms with Crippen LogP contribution in [0, 0.1) is 47.1 Å². The van der Waals surface area contributed by atoms with E-state index in [-0.39, 0.29) is 11.4 Å². The van der Waals surface area contributed by atoms with Gasteiger partial charge in [-0.3, -0.25) is 29.0 Å². The molecule has 32 heavy (non-hydrogen) atoms. The smallest absolute Gasteiger partial charge is 0.238 e. The molecule has 2 bridgehead atoms. The molecule has 3 aliphatic carbocycles. The van der Waals surface area contributed by atoms with Gasteiger partial charge in [0.15, 0.2) is 0 Å². The van der Waals surface area contributed by atoms with Crippen molar-refractivity contribution in [2.24, 2.45) is 35.5 Å². The summed E-state index contributed by atoms with van der Waals surface area (Å²) in [6.45, 7) is 0. The molecule has 0 N–H and O–H groups in total. The summed E-state index contributed by atoms with van der Waals surface area (Å²) in [7, 11) is 0. The monoisotopic (exact) mass is 434 g/mol. The van der Waals surface area contributed by atoms with Gasteiger partial charge in [-0.2, -0.15) is 0 Å². The first-order chi connectivity index (χ1) is 15.4.